The Balaban J connectivity index is 1.82. The van der Waals surface area contributed by atoms with Crippen molar-refractivity contribution in [1.82, 2.24) is 4.90 Å². The molecule has 2 aromatic carbocycles. The van der Waals surface area contributed by atoms with E-state index in [2.05, 4.69) is 48.2 Å². The van der Waals surface area contributed by atoms with Crippen LogP contribution in [0.2, 0.25) is 0 Å². The molecule has 2 aromatic rings. The number of fused-ring (bicyclic) bond motifs is 1. The summed E-state index contributed by atoms with van der Waals surface area (Å²) in [5.41, 5.74) is 5.05. The molecule has 0 amide bonds. The first kappa shape index (κ1) is 14.1. The minimum atomic E-state index is 0.903. The van der Waals surface area contributed by atoms with E-state index in [1.54, 1.807) is 7.11 Å². The third-order valence-corrected chi connectivity index (χ3v) is 4.55. The van der Waals surface area contributed by atoms with Crippen molar-refractivity contribution >= 4 is 17.2 Å². The van der Waals surface area contributed by atoms with Gasteiger partial charge >= 0.3 is 0 Å². The highest BCUT2D eigenvalue weighted by Crippen LogP contribution is 2.23. The lowest BCUT2D eigenvalue weighted by Gasteiger charge is -2.31. The molecule has 0 aromatic heterocycles. The van der Waals surface area contributed by atoms with E-state index in [4.69, 9.17) is 17.0 Å². The molecule has 0 radical (unpaired) electrons. The number of hydrogen-bond donors (Lipinski definition) is 0. The normalized spacial score (nSPS) is 13.7. The van der Waals surface area contributed by atoms with Gasteiger partial charge in [-0.1, -0.05) is 36.5 Å². The van der Waals surface area contributed by atoms with Gasteiger partial charge in [0.25, 0.3) is 0 Å². The van der Waals surface area contributed by atoms with Gasteiger partial charge in [0.2, 0.25) is 0 Å². The van der Waals surface area contributed by atoms with Crippen LogP contribution < -0.4 is 4.74 Å². The fourth-order valence-corrected chi connectivity index (χ4v) is 3.15. The molecule has 0 N–H and O–H groups in total. The summed E-state index contributed by atoms with van der Waals surface area (Å²) in [5.74, 6) is 0.908. The van der Waals surface area contributed by atoms with Gasteiger partial charge < -0.3 is 9.64 Å². The molecule has 108 valence electrons. The zero-order valence-corrected chi connectivity index (χ0v) is 13.2. The molecular formula is C18H19NOS. The van der Waals surface area contributed by atoms with Gasteiger partial charge in [-0.2, -0.15) is 0 Å². The second-order valence-electron chi connectivity index (χ2n) is 5.43. The zero-order chi connectivity index (χ0) is 14.8. The van der Waals surface area contributed by atoms with Crippen LogP contribution in [0.25, 0.3) is 0 Å². The molecule has 0 aliphatic carbocycles. The highest BCUT2D eigenvalue weighted by atomic mass is 32.1. The second kappa shape index (κ2) is 5.86. The second-order valence-corrected chi connectivity index (χ2v) is 5.82. The number of nitrogens with zero attached hydrogens (tertiary/aromatic N) is 1. The van der Waals surface area contributed by atoms with Crippen molar-refractivity contribution in [2.24, 2.45) is 0 Å². The Labute approximate surface area is 131 Å². The van der Waals surface area contributed by atoms with Crippen LogP contribution in [0.5, 0.6) is 5.75 Å². The summed E-state index contributed by atoms with van der Waals surface area (Å²) in [4.78, 5) is 3.22. The maximum Gasteiger partial charge on any atom is 0.121 e. The summed E-state index contributed by atoms with van der Waals surface area (Å²) in [5, 5.41) is 0. The molecule has 0 saturated carbocycles. The van der Waals surface area contributed by atoms with E-state index in [9.17, 15) is 0 Å². The van der Waals surface area contributed by atoms with E-state index in [1.165, 1.54) is 11.1 Å². The first-order valence-corrected chi connectivity index (χ1v) is 7.60. The highest BCUT2D eigenvalue weighted by Gasteiger charge is 2.19. The monoisotopic (exact) mass is 297 g/mol. The molecule has 2 nitrogen and oxygen atoms in total. The van der Waals surface area contributed by atoms with Gasteiger partial charge in [-0.3, -0.25) is 0 Å². The SMILES string of the molecule is COc1ccc(C(=S)N2CCc3ccccc3C2)cc1C. The molecule has 1 heterocycles. The van der Waals surface area contributed by atoms with Crippen molar-refractivity contribution < 1.29 is 4.74 Å². The van der Waals surface area contributed by atoms with Crippen molar-refractivity contribution in [3.05, 3.63) is 64.7 Å². The minimum absolute atomic E-state index is 0.903. The quantitative estimate of drug-likeness (QED) is 0.784. The van der Waals surface area contributed by atoms with Crippen LogP contribution in [-0.2, 0) is 13.0 Å². The maximum absolute atomic E-state index is 5.69. The Morgan fingerprint density at radius 2 is 1.90 bits per heavy atom. The fourth-order valence-electron chi connectivity index (χ4n) is 2.86. The van der Waals surface area contributed by atoms with Gasteiger partial charge in [0, 0.05) is 18.7 Å². The van der Waals surface area contributed by atoms with Gasteiger partial charge in [-0.15, -0.1) is 0 Å². The van der Waals surface area contributed by atoms with E-state index >= 15 is 0 Å². The van der Waals surface area contributed by atoms with Crippen LogP contribution in [0.4, 0.5) is 0 Å². The summed E-state index contributed by atoms with van der Waals surface area (Å²) in [7, 11) is 1.70. The smallest absolute Gasteiger partial charge is 0.121 e. The van der Waals surface area contributed by atoms with Crippen LogP contribution in [0.1, 0.15) is 22.3 Å². The minimum Gasteiger partial charge on any atom is -0.496 e. The molecule has 0 bridgehead atoms. The predicted molar refractivity (Wildman–Crippen MR) is 90.0 cm³/mol. The molecule has 0 unspecified atom stereocenters. The topological polar surface area (TPSA) is 12.5 Å². The first-order chi connectivity index (χ1) is 10.2. The van der Waals surface area contributed by atoms with Gasteiger partial charge in [-0.25, -0.2) is 0 Å². The summed E-state index contributed by atoms with van der Waals surface area (Å²) in [6, 6.07) is 14.8. The molecule has 3 heteroatoms. The van der Waals surface area contributed by atoms with Crippen molar-refractivity contribution in [2.45, 2.75) is 19.9 Å². The van der Waals surface area contributed by atoms with E-state index in [-0.39, 0.29) is 0 Å². The Hall–Kier alpha value is -1.87. The van der Waals surface area contributed by atoms with Crippen molar-refractivity contribution in [1.29, 1.82) is 0 Å². The molecule has 0 atom stereocenters. The predicted octanol–water partition coefficient (Wildman–Crippen LogP) is 3.74. The van der Waals surface area contributed by atoms with Crippen molar-refractivity contribution in [2.75, 3.05) is 13.7 Å². The van der Waals surface area contributed by atoms with Crippen LogP contribution in [0.3, 0.4) is 0 Å². The third kappa shape index (κ3) is 2.79. The molecule has 0 saturated heterocycles. The average molecular weight is 297 g/mol. The molecule has 0 fully saturated rings. The van der Waals surface area contributed by atoms with Crippen molar-refractivity contribution in [3.63, 3.8) is 0 Å². The molecule has 0 spiro atoms. The number of rotatable bonds is 2. The van der Waals surface area contributed by atoms with E-state index in [0.717, 1.165) is 41.4 Å². The summed E-state index contributed by atoms with van der Waals surface area (Å²) in [6.45, 7) is 3.94. The van der Waals surface area contributed by atoms with Crippen molar-refractivity contribution in [3.8, 4) is 5.75 Å². The van der Waals surface area contributed by atoms with Crippen LogP contribution in [0, 0.1) is 6.92 Å². The van der Waals surface area contributed by atoms with Crippen LogP contribution >= 0.6 is 12.2 Å². The molecule has 1 aliphatic heterocycles. The largest absolute Gasteiger partial charge is 0.496 e. The van der Waals surface area contributed by atoms with E-state index in [1.807, 2.05) is 6.07 Å². The highest BCUT2D eigenvalue weighted by molar-refractivity contribution is 7.80. The summed E-state index contributed by atoms with van der Waals surface area (Å²) >= 11 is 5.69. The fraction of sp³-hybridized carbons (Fsp3) is 0.278. The summed E-state index contributed by atoms with van der Waals surface area (Å²) in [6.07, 6.45) is 1.06. The van der Waals surface area contributed by atoms with Gasteiger partial charge in [0.15, 0.2) is 0 Å². The average Bonchev–Trinajstić information content (AvgIpc) is 2.53. The third-order valence-electron chi connectivity index (χ3n) is 4.06. The maximum atomic E-state index is 5.69. The first-order valence-electron chi connectivity index (χ1n) is 7.20. The number of thiocarbonyl (C=S) groups is 1. The van der Waals surface area contributed by atoms with Gasteiger partial charge in [0.05, 0.1) is 7.11 Å². The molecule has 3 rings (SSSR count). The zero-order valence-electron chi connectivity index (χ0n) is 12.4. The number of benzene rings is 2. The Morgan fingerprint density at radius 3 is 2.62 bits per heavy atom. The van der Waals surface area contributed by atoms with Crippen LogP contribution in [0.15, 0.2) is 42.5 Å². The van der Waals surface area contributed by atoms with Gasteiger partial charge in [-0.05, 0) is 48.2 Å². The molecular weight excluding hydrogens is 278 g/mol. The molecule has 21 heavy (non-hydrogen) atoms. The lowest BCUT2D eigenvalue weighted by Crippen LogP contribution is -2.35. The number of hydrogen-bond acceptors (Lipinski definition) is 2. The number of aryl methyl sites for hydroxylation is 1. The van der Waals surface area contributed by atoms with Crippen LogP contribution in [-0.4, -0.2) is 23.5 Å². The Morgan fingerprint density at radius 1 is 1.14 bits per heavy atom. The van der Waals surface area contributed by atoms with E-state index in [0.29, 0.717) is 0 Å². The lowest BCUT2D eigenvalue weighted by atomic mass is 9.99. The lowest BCUT2D eigenvalue weighted by molar-refractivity contribution is 0.400. The van der Waals surface area contributed by atoms with Gasteiger partial charge in [0.1, 0.15) is 10.7 Å². The summed E-state index contributed by atoms with van der Waals surface area (Å²) < 4.78 is 5.31. The number of ether oxygens (including phenoxy) is 1. The molecule has 1 aliphatic rings. The van der Waals surface area contributed by atoms with E-state index < -0.39 is 0 Å². The Bertz CT molecular complexity index is 681. The standard InChI is InChI=1S/C18H19NOS/c1-13-11-15(7-8-17(13)20-2)18(21)19-10-9-14-5-3-4-6-16(14)12-19/h3-8,11H,9-10,12H2,1-2H3. The number of methoxy groups -OCH3 is 1. The Kier molecular flexibility index (Phi) is 3.93.